The lowest BCUT2D eigenvalue weighted by atomic mass is 10.0. The molecule has 0 bridgehead atoms. The van der Waals surface area contributed by atoms with Gasteiger partial charge in [0.25, 0.3) is 0 Å². The van der Waals surface area contributed by atoms with Gasteiger partial charge in [-0.05, 0) is 63.3 Å². The first-order valence-corrected chi connectivity index (χ1v) is 8.82. The second-order valence-electron chi connectivity index (χ2n) is 6.67. The second kappa shape index (κ2) is 9.78. The fourth-order valence-electron chi connectivity index (χ4n) is 2.61. The minimum atomic E-state index is -0.0925. The summed E-state index contributed by atoms with van der Waals surface area (Å²) in [7, 11) is 5.71. The number of hydrogen-bond donors (Lipinski definition) is 1. The van der Waals surface area contributed by atoms with Gasteiger partial charge in [-0.25, -0.2) is 0 Å². The minimum Gasteiger partial charge on any atom is -0.497 e. The number of carbonyl (C=O) groups is 1. The third-order valence-electron chi connectivity index (χ3n) is 4.20. The highest BCUT2D eigenvalue weighted by atomic mass is 16.5. The average Bonchev–Trinajstić information content (AvgIpc) is 2.64. The van der Waals surface area contributed by atoms with E-state index >= 15 is 0 Å². The molecule has 0 saturated heterocycles. The zero-order valence-electron chi connectivity index (χ0n) is 16.0. The second-order valence-corrected chi connectivity index (χ2v) is 6.67. The lowest BCUT2D eigenvalue weighted by molar-refractivity contribution is -0.117. The van der Waals surface area contributed by atoms with Gasteiger partial charge in [-0.1, -0.05) is 42.0 Å². The number of benzene rings is 2. The van der Waals surface area contributed by atoms with Crippen LogP contribution >= 0.6 is 0 Å². The predicted molar refractivity (Wildman–Crippen MR) is 107 cm³/mol. The number of nitrogens with one attached hydrogen (secondary N) is 1. The summed E-state index contributed by atoms with van der Waals surface area (Å²) in [6.07, 6.45) is 4.25. The van der Waals surface area contributed by atoms with E-state index in [1.54, 1.807) is 13.2 Å². The lowest BCUT2D eigenvalue weighted by Gasteiger charge is -2.21. The topological polar surface area (TPSA) is 41.6 Å². The van der Waals surface area contributed by atoms with Crippen LogP contribution in [0.15, 0.2) is 54.6 Å². The number of methoxy groups -OCH3 is 1. The predicted octanol–water partition coefficient (Wildman–Crippen LogP) is 3.83. The number of rotatable bonds is 8. The molecule has 1 amide bonds. The Morgan fingerprint density at radius 3 is 2.35 bits per heavy atom. The molecule has 1 unspecified atom stereocenters. The number of ether oxygens (including phenoxy) is 1. The molecule has 0 spiro atoms. The molecule has 0 aliphatic heterocycles. The zero-order chi connectivity index (χ0) is 18.9. The van der Waals surface area contributed by atoms with Crippen LogP contribution in [0.5, 0.6) is 5.75 Å². The van der Waals surface area contributed by atoms with Gasteiger partial charge in [0, 0.05) is 6.08 Å². The molecule has 0 aromatic heterocycles. The molecular formula is C22H28N2O2. The fourth-order valence-corrected chi connectivity index (χ4v) is 2.61. The number of carbonyl (C=O) groups excluding carboxylic acids is 1. The van der Waals surface area contributed by atoms with Gasteiger partial charge in [-0.3, -0.25) is 4.79 Å². The van der Waals surface area contributed by atoms with E-state index < -0.39 is 0 Å². The van der Waals surface area contributed by atoms with Crippen LogP contribution in [0.1, 0.15) is 29.2 Å². The highest BCUT2D eigenvalue weighted by molar-refractivity contribution is 5.92. The van der Waals surface area contributed by atoms with Crippen LogP contribution in [0, 0.1) is 6.92 Å². The van der Waals surface area contributed by atoms with E-state index in [1.165, 1.54) is 5.56 Å². The summed E-state index contributed by atoms with van der Waals surface area (Å²) in [4.78, 5) is 14.5. The van der Waals surface area contributed by atoms with Gasteiger partial charge in [-0.15, -0.1) is 0 Å². The Hall–Kier alpha value is -2.59. The monoisotopic (exact) mass is 352 g/mol. The van der Waals surface area contributed by atoms with Crippen molar-refractivity contribution < 1.29 is 9.53 Å². The van der Waals surface area contributed by atoms with Crippen LogP contribution in [0.2, 0.25) is 0 Å². The summed E-state index contributed by atoms with van der Waals surface area (Å²) in [6, 6.07) is 15.9. The van der Waals surface area contributed by atoms with E-state index in [4.69, 9.17) is 4.74 Å². The Labute approximate surface area is 156 Å². The summed E-state index contributed by atoms with van der Waals surface area (Å²) in [5.74, 6) is 0.708. The maximum absolute atomic E-state index is 12.4. The third kappa shape index (κ3) is 6.37. The number of amides is 1. The Balaban J connectivity index is 2.04. The van der Waals surface area contributed by atoms with Crippen molar-refractivity contribution in [2.75, 3.05) is 27.7 Å². The molecule has 1 N–H and O–H groups in total. The normalized spacial score (nSPS) is 12.3. The van der Waals surface area contributed by atoms with Gasteiger partial charge in [0.15, 0.2) is 0 Å². The standard InChI is InChI=1S/C22H28N2O2/c1-17-5-10-19(11-6-17)21(15-16-24(2)3)23-22(25)14-9-18-7-12-20(26-4)13-8-18/h5-14,21H,15-16H2,1-4H3,(H,23,25)/b14-9+. The van der Waals surface area contributed by atoms with E-state index in [9.17, 15) is 4.79 Å². The van der Waals surface area contributed by atoms with Crippen molar-refractivity contribution in [2.24, 2.45) is 0 Å². The third-order valence-corrected chi connectivity index (χ3v) is 4.20. The molecule has 0 heterocycles. The average molecular weight is 352 g/mol. The molecular weight excluding hydrogens is 324 g/mol. The zero-order valence-corrected chi connectivity index (χ0v) is 16.0. The Bertz CT molecular complexity index is 719. The molecule has 0 aliphatic carbocycles. The van der Waals surface area contributed by atoms with Gasteiger partial charge in [0.1, 0.15) is 5.75 Å². The summed E-state index contributed by atoms with van der Waals surface area (Å²) in [6.45, 7) is 2.97. The van der Waals surface area contributed by atoms with Crippen molar-refractivity contribution in [1.29, 1.82) is 0 Å². The van der Waals surface area contributed by atoms with E-state index in [1.807, 2.05) is 44.4 Å². The molecule has 2 aromatic rings. The molecule has 0 aliphatic rings. The molecule has 0 saturated carbocycles. The van der Waals surface area contributed by atoms with Crippen molar-refractivity contribution in [1.82, 2.24) is 10.2 Å². The van der Waals surface area contributed by atoms with E-state index in [2.05, 4.69) is 41.4 Å². The highest BCUT2D eigenvalue weighted by Crippen LogP contribution is 2.18. The largest absolute Gasteiger partial charge is 0.497 e. The summed E-state index contributed by atoms with van der Waals surface area (Å²) in [5.41, 5.74) is 3.30. The van der Waals surface area contributed by atoms with Crippen molar-refractivity contribution in [3.05, 3.63) is 71.3 Å². The van der Waals surface area contributed by atoms with Crippen LogP contribution < -0.4 is 10.1 Å². The summed E-state index contributed by atoms with van der Waals surface area (Å²) in [5, 5.41) is 3.12. The van der Waals surface area contributed by atoms with Gasteiger partial charge >= 0.3 is 0 Å². The van der Waals surface area contributed by atoms with Crippen LogP contribution in [0.4, 0.5) is 0 Å². The van der Waals surface area contributed by atoms with Crippen LogP contribution in [0.3, 0.4) is 0 Å². The van der Waals surface area contributed by atoms with E-state index in [-0.39, 0.29) is 11.9 Å². The van der Waals surface area contributed by atoms with Crippen LogP contribution in [-0.2, 0) is 4.79 Å². The maximum Gasteiger partial charge on any atom is 0.244 e. The molecule has 4 nitrogen and oxygen atoms in total. The highest BCUT2D eigenvalue weighted by Gasteiger charge is 2.13. The first kappa shape index (κ1) is 19.7. The minimum absolute atomic E-state index is 0.00832. The van der Waals surface area contributed by atoms with Crippen molar-refractivity contribution in [2.45, 2.75) is 19.4 Å². The van der Waals surface area contributed by atoms with E-state index in [0.29, 0.717) is 0 Å². The van der Waals surface area contributed by atoms with Crippen molar-refractivity contribution in [3.63, 3.8) is 0 Å². The number of aryl methyl sites for hydroxylation is 1. The number of nitrogens with zero attached hydrogens (tertiary/aromatic N) is 1. The smallest absolute Gasteiger partial charge is 0.244 e. The molecule has 4 heteroatoms. The molecule has 0 radical (unpaired) electrons. The van der Waals surface area contributed by atoms with Gasteiger partial charge in [0.2, 0.25) is 5.91 Å². The van der Waals surface area contributed by atoms with Crippen molar-refractivity contribution >= 4 is 12.0 Å². The first-order chi connectivity index (χ1) is 12.5. The Morgan fingerprint density at radius 2 is 1.77 bits per heavy atom. The van der Waals surface area contributed by atoms with Gasteiger partial charge in [0.05, 0.1) is 13.2 Å². The Morgan fingerprint density at radius 1 is 1.12 bits per heavy atom. The Kier molecular flexibility index (Phi) is 7.42. The molecule has 0 fully saturated rings. The molecule has 138 valence electrons. The molecule has 1 atom stereocenters. The molecule has 2 rings (SSSR count). The SMILES string of the molecule is COc1ccc(/C=C/C(=O)NC(CCN(C)C)c2ccc(C)cc2)cc1. The fraction of sp³-hybridized carbons (Fsp3) is 0.318. The molecule has 2 aromatic carbocycles. The van der Waals surface area contributed by atoms with Crippen molar-refractivity contribution in [3.8, 4) is 5.75 Å². The van der Waals surface area contributed by atoms with Crippen LogP contribution in [0.25, 0.3) is 6.08 Å². The summed E-state index contributed by atoms with van der Waals surface area (Å²) >= 11 is 0. The first-order valence-electron chi connectivity index (χ1n) is 8.82. The lowest BCUT2D eigenvalue weighted by Crippen LogP contribution is -2.29. The maximum atomic E-state index is 12.4. The molecule has 26 heavy (non-hydrogen) atoms. The van der Waals surface area contributed by atoms with Crippen LogP contribution in [-0.4, -0.2) is 38.6 Å². The quantitative estimate of drug-likeness (QED) is 0.734. The van der Waals surface area contributed by atoms with Gasteiger partial charge < -0.3 is 15.0 Å². The van der Waals surface area contributed by atoms with Gasteiger partial charge in [-0.2, -0.15) is 0 Å². The number of hydrogen-bond acceptors (Lipinski definition) is 3. The summed E-state index contributed by atoms with van der Waals surface area (Å²) < 4.78 is 5.14. The van der Waals surface area contributed by atoms with E-state index in [0.717, 1.165) is 29.8 Å².